The lowest BCUT2D eigenvalue weighted by Crippen LogP contribution is -2.37. The van der Waals surface area contributed by atoms with E-state index in [1.807, 2.05) is 18.2 Å². The van der Waals surface area contributed by atoms with Crippen molar-refractivity contribution in [1.82, 2.24) is 4.98 Å². The van der Waals surface area contributed by atoms with Crippen LogP contribution in [0.5, 0.6) is 5.75 Å². The largest absolute Gasteiger partial charge is 0.484 e. The van der Waals surface area contributed by atoms with E-state index in [-0.39, 0.29) is 18.6 Å². The van der Waals surface area contributed by atoms with Gasteiger partial charge in [0.25, 0.3) is 5.91 Å². The lowest BCUT2D eigenvalue weighted by atomic mass is 10.3. The molecule has 0 atom stereocenters. The first kappa shape index (κ1) is 13.9. The molecule has 1 aliphatic carbocycles. The van der Waals surface area contributed by atoms with Gasteiger partial charge in [-0.25, -0.2) is 4.98 Å². The van der Waals surface area contributed by atoms with Crippen molar-refractivity contribution < 1.29 is 9.53 Å². The first-order valence-electron chi connectivity index (χ1n) is 6.85. The number of amides is 1. The van der Waals surface area contributed by atoms with Gasteiger partial charge in [0.15, 0.2) is 6.61 Å². The molecule has 3 rings (SSSR count). The Morgan fingerprint density at radius 1 is 1.24 bits per heavy atom. The highest BCUT2D eigenvalue weighted by Gasteiger charge is 2.34. The number of nitrogens with zero attached hydrogens (tertiary/aromatic N) is 2. The van der Waals surface area contributed by atoms with Crippen molar-refractivity contribution in [2.45, 2.75) is 18.9 Å². The average molecular weight is 303 g/mol. The van der Waals surface area contributed by atoms with Gasteiger partial charge in [0, 0.05) is 17.3 Å². The summed E-state index contributed by atoms with van der Waals surface area (Å²) >= 11 is 5.82. The molecule has 1 aromatic carbocycles. The maximum Gasteiger partial charge on any atom is 0.266 e. The highest BCUT2D eigenvalue weighted by molar-refractivity contribution is 6.30. The van der Waals surface area contributed by atoms with E-state index in [1.54, 1.807) is 35.4 Å². The van der Waals surface area contributed by atoms with Crippen LogP contribution < -0.4 is 9.64 Å². The molecule has 0 bridgehead atoms. The van der Waals surface area contributed by atoms with Crippen LogP contribution in [0, 0.1) is 0 Å². The Kier molecular flexibility index (Phi) is 4.06. The molecule has 0 spiro atoms. The number of carbonyl (C=O) groups excluding carboxylic acids is 1. The molecule has 0 N–H and O–H groups in total. The third kappa shape index (κ3) is 3.52. The Labute approximate surface area is 128 Å². The van der Waals surface area contributed by atoms with Gasteiger partial charge in [-0.05, 0) is 49.2 Å². The zero-order valence-corrected chi connectivity index (χ0v) is 12.2. The summed E-state index contributed by atoms with van der Waals surface area (Å²) < 4.78 is 5.53. The van der Waals surface area contributed by atoms with E-state index < -0.39 is 0 Å². The number of rotatable bonds is 5. The van der Waals surface area contributed by atoms with Crippen LogP contribution in [0.2, 0.25) is 5.02 Å². The van der Waals surface area contributed by atoms with E-state index in [9.17, 15) is 4.79 Å². The highest BCUT2D eigenvalue weighted by atomic mass is 35.5. The van der Waals surface area contributed by atoms with E-state index in [2.05, 4.69) is 4.98 Å². The summed E-state index contributed by atoms with van der Waals surface area (Å²) in [6.45, 7) is -0.00525. The maximum absolute atomic E-state index is 12.4. The average Bonchev–Trinajstić information content (AvgIpc) is 3.33. The number of aromatic nitrogens is 1. The molecule has 0 unspecified atom stereocenters. The van der Waals surface area contributed by atoms with E-state index in [1.165, 1.54) is 0 Å². The van der Waals surface area contributed by atoms with Gasteiger partial charge in [-0.3, -0.25) is 9.69 Å². The SMILES string of the molecule is O=C(COc1ccc(Cl)cc1)N(c1ccccn1)C1CC1. The standard InChI is InChI=1S/C16H15ClN2O2/c17-12-4-8-14(9-5-12)21-11-16(20)19(13-6-7-13)15-3-1-2-10-18-15/h1-5,8-10,13H,6-7,11H2. The molecule has 0 saturated heterocycles. The van der Waals surface area contributed by atoms with Crippen molar-refractivity contribution in [3.05, 3.63) is 53.7 Å². The Morgan fingerprint density at radius 2 is 2.00 bits per heavy atom. The Bertz CT molecular complexity index is 612. The fraction of sp³-hybridized carbons (Fsp3) is 0.250. The van der Waals surface area contributed by atoms with Gasteiger partial charge >= 0.3 is 0 Å². The summed E-state index contributed by atoms with van der Waals surface area (Å²) in [5.74, 6) is 1.24. The molecule has 1 fully saturated rings. The quantitative estimate of drug-likeness (QED) is 0.851. The summed E-state index contributed by atoms with van der Waals surface area (Å²) in [5, 5.41) is 0.641. The molecule has 21 heavy (non-hydrogen) atoms. The zero-order valence-electron chi connectivity index (χ0n) is 11.4. The molecule has 1 heterocycles. The molecular weight excluding hydrogens is 288 g/mol. The number of carbonyl (C=O) groups is 1. The van der Waals surface area contributed by atoms with Crippen molar-refractivity contribution >= 4 is 23.3 Å². The third-order valence-corrected chi connectivity index (χ3v) is 3.50. The number of halogens is 1. The summed E-state index contributed by atoms with van der Waals surface area (Å²) in [6.07, 6.45) is 3.73. The van der Waals surface area contributed by atoms with Crippen LogP contribution in [-0.2, 0) is 4.79 Å². The molecule has 1 amide bonds. The Balaban J connectivity index is 1.66. The maximum atomic E-state index is 12.4. The van der Waals surface area contributed by atoms with Crippen LogP contribution in [0.4, 0.5) is 5.82 Å². The van der Waals surface area contributed by atoms with Crippen molar-refractivity contribution in [1.29, 1.82) is 0 Å². The predicted octanol–water partition coefficient (Wildman–Crippen LogP) is 3.31. The number of benzene rings is 1. The van der Waals surface area contributed by atoms with Gasteiger partial charge in [-0.1, -0.05) is 17.7 Å². The van der Waals surface area contributed by atoms with Gasteiger partial charge in [-0.2, -0.15) is 0 Å². The molecule has 2 aromatic rings. The van der Waals surface area contributed by atoms with Gasteiger partial charge in [-0.15, -0.1) is 0 Å². The number of hydrogen-bond acceptors (Lipinski definition) is 3. The van der Waals surface area contributed by atoms with Gasteiger partial charge < -0.3 is 4.74 Å². The minimum atomic E-state index is -0.0776. The highest BCUT2D eigenvalue weighted by Crippen LogP contribution is 2.30. The monoisotopic (exact) mass is 302 g/mol. The van der Waals surface area contributed by atoms with Gasteiger partial charge in [0.1, 0.15) is 11.6 Å². The van der Waals surface area contributed by atoms with Crippen molar-refractivity contribution in [3.63, 3.8) is 0 Å². The van der Waals surface area contributed by atoms with Gasteiger partial charge in [0.2, 0.25) is 0 Å². The van der Waals surface area contributed by atoms with Crippen LogP contribution >= 0.6 is 11.6 Å². The second-order valence-electron chi connectivity index (χ2n) is 4.93. The van der Waals surface area contributed by atoms with Crippen molar-refractivity contribution in [2.75, 3.05) is 11.5 Å². The zero-order chi connectivity index (χ0) is 14.7. The first-order chi connectivity index (χ1) is 10.2. The number of ether oxygens (including phenoxy) is 1. The number of anilines is 1. The Morgan fingerprint density at radius 3 is 2.62 bits per heavy atom. The van der Waals surface area contributed by atoms with E-state index >= 15 is 0 Å². The van der Waals surface area contributed by atoms with Gasteiger partial charge in [0.05, 0.1) is 0 Å². The predicted molar refractivity (Wildman–Crippen MR) is 81.7 cm³/mol. The second-order valence-corrected chi connectivity index (χ2v) is 5.36. The Hall–Kier alpha value is -2.07. The van der Waals surface area contributed by atoms with Crippen LogP contribution in [-0.4, -0.2) is 23.5 Å². The normalized spacial score (nSPS) is 13.8. The number of pyridine rings is 1. The van der Waals surface area contributed by atoms with Crippen LogP contribution in [0.3, 0.4) is 0 Å². The summed E-state index contributed by atoms with van der Waals surface area (Å²) in [5.41, 5.74) is 0. The minimum Gasteiger partial charge on any atom is -0.484 e. The fourth-order valence-corrected chi connectivity index (χ4v) is 2.22. The fourth-order valence-electron chi connectivity index (χ4n) is 2.09. The molecule has 108 valence electrons. The molecular formula is C16H15ClN2O2. The van der Waals surface area contributed by atoms with Crippen LogP contribution in [0.1, 0.15) is 12.8 Å². The molecule has 1 aromatic heterocycles. The topological polar surface area (TPSA) is 42.4 Å². The second kappa shape index (κ2) is 6.14. The van der Waals surface area contributed by atoms with E-state index in [0.717, 1.165) is 12.8 Å². The lowest BCUT2D eigenvalue weighted by molar-refractivity contribution is -0.120. The molecule has 0 aliphatic heterocycles. The lowest BCUT2D eigenvalue weighted by Gasteiger charge is -2.21. The first-order valence-corrected chi connectivity index (χ1v) is 7.23. The smallest absolute Gasteiger partial charge is 0.266 e. The molecule has 1 aliphatic rings. The minimum absolute atomic E-state index is 0.00525. The summed E-state index contributed by atoms with van der Waals surface area (Å²) in [7, 11) is 0. The summed E-state index contributed by atoms with van der Waals surface area (Å²) in [6, 6.07) is 12.8. The summed E-state index contributed by atoms with van der Waals surface area (Å²) in [4.78, 5) is 18.4. The molecule has 4 nitrogen and oxygen atoms in total. The molecule has 5 heteroatoms. The van der Waals surface area contributed by atoms with E-state index in [4.69, 9.17) is 16.3 Å². The third-order valence-electron chi connectivity index (χ3n) is 3.25. The van der Waals surface area contributed by atoms with Crippen LogP contribution in [0.15, 0.2) is 48.7 Å². The van der Waals surface area contributed by atoms with Crippen molar-refractivity contribution in [3.8, 4) is 5.75 Å². The van der Waals surface area contributed by atoms with Crippen molar-refractivity contribution in [2.24, 2.45) is 0 Å². The van der Waals surface area contributed by atoms with Crippen LogP contribution in [0.25, 0.3) is 0 Å². The molecule has 1 saturated carbocycles. The molecule has 0 radical (unpaired) electrons. The van der Waals surface area contributed by atoms with E-state index in [0.29, 0.717) is 16.6 Å². The number of hydrogen-bond donors (Lipinski definition) is 0.